The van der Waals surface area contributed by atoms with Gasteiger partial charge in [0.15, 0.2) is 0 Å². The molecular weight excluding hydrogens is 302 g/mol. The molecule has 0 bridgehead atoms. The summed E-state index contributed by atoms with van der Waals surface area (Å²) in [4.78, 5) is 0. The minimum Gasteiger partial charge on any atom is -0.489 e. The van der Waals surface area contributed by atoms with Gasteiger partial charge in [-0.2, -0.15) is 5.10 Å². The molecule has 0 aliphatic carbocycles. The standard InChI is InChI=1S/C19H23N3O2/c1-22-12-17(11-21-22)19-16(6-7-23-19)10-20-9-14-8-15-4-2-3-5-18(15)24-13-14/h2-5,8,11-12,16,19-20H,6-7,9-10,13H2,1H3/t16-,19-/m0/s1. The van der Waals surface area contributed by atoms with E-state index in [0.29, 0.717) is 12.5 Å². The van der Waals surface area contributed by atoms with Gasteiger partial charge in [0.2, 0.25) is 0 Å². The number of hydrogen-bond donors (Lipinski definition) is 1. The summed E-state index contributed by atoms with van der Waals surface area (Å²) in [5.41, 5.74) is 3.62. The second kappa shape index (κ2) is 6.79. The second-order valence-electron chi connectivity index (χ2n) is 6.55. The number of benzene rings is 1. The van der Waals surface area contributed by atoms with Crippen LogP contribution in [0.25, 0.3) is 6.08 Å². The predicted molar refractivity (Wildman–Crippen MR) is 92.8 cm³/mol. The molecule has 0 amide bonds. The van der Waals surface area contributed by atoms with Crippen LogP contribution < -0.4 is 10.1 Å². The highest BCUT2D eigenvalue weighted by Gasteiger charge is 2.30. The summed E-state index contributed by atoms with van der Waals surface area (Å²) in [5, 5.41) is 7.84. The van der Waals surface area contributed by atoms with Crippen molar-refractivity contribution in [2.24, 2.45) is 13.0 Å². The normalized spacial score (nSPS) is 22.8. The van der Waals surface area contributed by atoms with E-state index in [4.69, 9.17) is 9.47 Å². The van der Waals surface area contributed by atoms with E-state index >= 15 is 0 Å². The topological polar surface area (TPSA) is 48.3 Å². The highest BCUT2D eigenvalue weighted by Crippen LogP contribution is 2.33. The number of rotatable bonds is 5. The maximum atomic E-state index is 5.92. The summed E-state index contributed by atoms with van der Waals surface area (Å²) in [7, 11) is 1.94. The average Bonchev–Trinajstić information content (AvgIpc) is 3.23. The molecule has 24 heavy (non-hydrogen) atoms. The maximum absolute atomic E-state index is 5.92. The number of fused-ring (bicyclic) bond motifs is 1. The fourth-order valence-electron chi connectivity index (χ4n) is 3.48. The first-order valence-corrected chi connectivity index (χ1v) is 8.52. The molecular formula is C19H23N3O2. The summed E-state index contributed by atoms with van der Waals surface area (Å²) in [6, 6.07) is 8.17. The van der Waals surface area contributed by atoms with E-state index in [-0.39, 0.29) is 6.10 Å². The molecule has 2 aliphatic rings. The van der Waals surface area contributed by atoms with Crippen molar-refractivity contribution in [1.29, 1.82) is 0 Å². The van der Waals surface area contributed by atoms with Crippen LogP contribution in [0.2, 0.25) is 0 Å². The number of nitrogens with zero attached hydrogens (tertiary/aromatic N) is 2. The molecule has 126 valence electrons. The smallest absolute Gasteiger partial charge is 0.127 e. The minimum absolute atomic E-state index is 0.156. The molecule has 0 radical (unpaired) electrons. The van der Waals surface area contributed by atoms with E-state index < -0.39 is 0 Å². The van der Waals surface area contributed by atoms with Crippen LogP contribution in [0.4, 0.5) is 0 Å². The van der Waals surface area contributed by atoms with Crippen LogP contribution in [-0.2, 0) is 11.8 Å². The summed E-state index contributed by atoms with van der Waals surface area (Å²) in [5.74, 6) is 1.47. The van der Waals surface area contributed by atoms with E-state index in [1.807, 2.05) is 36.1 Å². The Kier molecular flexibility index (Phi) is 4.36. The number of ether oxygens (including phenoxy) is 2. The lowest BCUT2D eigenvalue weighted by atomic mass is 9.97. The molecule has 3 heterocycles. The van der Waals surface area contributed by atoms with Crippen LogP contribution in [0.15, 0.2) is 42.2 Å². The summed E-state index contributed by atoms with van der Waals surface area (Å²) in [6.07, 6.45) is 7.44. The highest BCUT2D eigenvalue weighted by atomic mass is 16.5. The molecule has 2 atom stereocenters. The van der Waals surface area contributed by atoms with E-state index in [9.17, 15) is 0 Å². The van der Waals surface area contributed by atoms with Crippen molar-refractivity contribution in [2.45, 2.75) is 12.5 Å². The van der Waals surface area contributed by atoms with E-state index in [1.165, 1.54) is 11.1 Å². The van der Waals surface area contributed by atoms with Gasteiger partial charge in [-0.15, -0.1) is 0 Å². The van der Waals surface area contributed by atoms with Crippen molar-refractivity contribution >= 4 is 6.08 Å². The molecule has 0 unspecified atom stereocenters. The number of nitrogens with one attached hydrogen (secondary N) is 1. The molecule has 1 saturated heterocycles. The van der Waals surface area contributed by atoms with Gasteiger partial charge in [-0.3, -0.25) is 4.68 Å². The zero-order valence-electron chi connectivity index (χ0n) is 13.9. The van der Waals surface area contributed by atoms with Gasteiger partial charge >= 0.3 is 0 Å². The van der Waals surface area contributed by atoms with Crippen LogP contribution in [0.5, 0.6) is 5.75 Å². The second-order valence-corrected chi connectivity index (χ2v) is 6.55. The molecule has 0 saturated carbocycles. The molecule has 0 spiro atoms. The molecule has 1 aromatic carbocycles. The monoisotopic (exact) mass is 325 g/mol. The van der Waals surface area contributed by atoms with Gasteiger partial charge in [-0.05, 0) is 24.1 Å². The third kappa shape index (κ3) is 3.23. The van der Waals surface area contributed by atoms with Crippen molar-refractivity contribution in [1.82, 2.24) is 15.1 Å². The van der Waals surface area contributed by atoms with Gasteiger partial charge in [-0.25, -0.2) is 0 Å². The first-order valence-electron chi connectivity index (χ1n) is 8.52. The van der Waals surface area contributed by atoms with Crippen molar-refractivity contribution in [2.75, 3.05) is 26.3 Å². The van der Waals surface area contributed by atoms with Crippen LogP contribution in [-0.4, -0.2) is 36.1 Å². The summed E-state index contributed by atoms with van der Waals surface area (Å²) in [6.45, 7) is 3.28. The molecule has 2 aliphatic heterocycles. The predicted octanol–water partition coefficient (Wildman–Crippen LogP) is 2.56. The number of hydrogen-bond acceptors (Lipinski definition) is 4. The van der Waals surface area contributed by atoms with E-state index in [0.717, 1.165) is 37.4 Å². The van der Waals surface area contributed by atoms with Crippen molar-refractivity contribution in [3.8, 4) is 5.75 Å². The van der Waals surface area contributed by atoms with E-state index in [2.05, 4.69) is 28.8 Å². The third-order valence-corrected chi connectivity index (χ3v) is 4.72. The third-order valence-electron chi connectivity index (χ3n) is 4.72. The Morgan fingerprint density at radius 3 is 3.12 bits per heavy atom. The zero-order chi connectivity index (χ0) is 16.4. The van der Waals surface area contributed by atoms with Gasteiger partial charge in [0.25, 0.3) is 0 Å². The van der Waals surface area contributed by atoms with Crippen molar-refractivity contribution in [3.05, 3.63) is 53.4 Å². The van der Waals surface area contributed by atoms with Gasteiger partial charge in [0.1, 0.15) is 12.4 Å². The average molecular weight is 325 g/mol. The van der Waals surface area contributed by atoms with Crippen molar-refractivity contribution in [3.63, 3.8) is 0 Å². The molecule has 2 aromatic rings. The summed E-state index contributed by atoms with van der Waals surface area (Å²) >= 11 is 0. The SMILES string of the molecule is Cn1cc([C@H]2OCC[C@H]2CNCC2=Cc3ccccc3OC2)cn1. The lowest BCUT2D eigenvalue weighted by Crippen LogP contribution is -2.28. The Morgan fingerprint density at radius 2 is 2.25 bits per heavy atom. The zero-order valence-corrected chi connectivity index (χ0v) is 13.9. The van der Waals surface area contributed by atoms with Crippen LogP contribution >= 0.6 is 0 Å². The van der Waals surface area contributed by atoms with Gasteiger partial charge < -0.3 is 14.8 Å². The largest absolute Gasteiger partial charge is 0.489 e. The first kappa shape index (κ1) is 15.4. The van der Waals surface area contributed by atoms with Gasteiger partial charge in [-0.1, -0.05) is 18.2 Å². The molecule has 1 aromatic heterocycles. The molecule has 5 nitrogen and oxygen atoms in total. The molecule has 5 heteroatoms. The molecule has 4 rings (SSSR count). The van der Waals surface area contributed by atoms with Crippen LogP contribution in [0.1, 0.15) is 23.7 Å². The Morgan fingerprint density at radius 1 is 1.33 bits per heavy atom. The number of aromatic nitrogens is 2. The molecule has 1 N–H and O–H groups in total. The Balaban J connectivity index is 1.33. The quantitative estimate of drug-likeness (QED) is 0.918. The highest BCUT2D eigenvalue weighted by molar-refractivity contribution is 5.62. The Labute approximate surface area is 142 Å². The fourth-order valence-corrected chi connectivity index (χ4v) is 3.48. The number of aryl methyl sites for hydroxylation is 1. The fraction of sp³-hybridized carbons (Fsp3) is 0.421. The van der Waals surface area contributed by atoms with Crippen LogP contribution in [0.3, 0.4) is 0 Å². The first-order chi connectivity index (χ1) is 11.8. The summed E-state index contributed by atoms with van der Waals surface area (Å²) < 4.78 is 13.6. The minimum atomic E-state index is 0.156. The van der Waals surface area contributed by atoms with Crippen LogP contribution in [0, 0.1) is 5.92 Å². The van der Waals surface area contributed by atoms with Gasteiger partial charge in [0.05, 0.1) is 12.3 Å². The Hall–Kier alpha value is -2.11. The molecule has 1 fully saturated rings. The maximum Gasteiger partial charge on any atom is 0.127 e. The Bertz CT molecular complexity index is 738. The lowest BCUT2D eigenvalue weighted by Gasteiger charge is -2.21. The van der Waals surface area contributed by atoms with E-state index in [1.54, 1.807) is 0 Å². The van der Waals surface area contributed by atoms with Gasteiger partial charge in [0, 0.05) is 50.0 Å². The number of para-hydroxylation sites is 1. The van der Waals surface area contributed by atoms with Crippen molar-refractivity contribution < 1.29 is 9.47 Å². The lowest BCUT2D eigenvalue weighted by molar-refractivity contribution is 0.0906.